The molecular formula is C12H14O2. The molecule has 0 saturated heterocycles. The quantitative estimate of drug-likeness (QED) is 0.505. The first kappa shape index (κ1) is 10.6. The molecule has 0 aromatic heterocycles. The van der Waals surface area contributed by atoms with Gasteiger partial charge in [0.1, 0.15) is 0 Å². The molecule has 0 bridgehead atoms. The Bertz CT molecular complexity index is 343. The van der Waals surface area contributed by atoms with Crippen LogP contribution < -0.4 is 0 Å². The molecule has 1 aliphatic rings. The predicted octanol–water partition coefficient (Wildman–Crippen LogP) is 2.37. The lowest BCUT2D eigenvalue weighted by atomic mass is 9.99. The largest absolute Gasteiger partial charge is 0.290 e. The minimum absolute atomic E-state index is 0.0512. The molecule has 0 aromatic rings. The minimum Gasteiger partial charge on any atom is -0.290 e. The van der Waals surface area contributed by atoms with Crippen molar-refractivity contribution in [3.63, 3.8) is 0 Å². The molecule has 0 aliphatic heterocycles. The van der Waals surface area contributed by atoms with Gasteiger partial charge in [-0.3, -0.25) is 9.59 Å². The van der Waals surface area contributed by atoms with Gasteiger partial charge in [-0.25, -0.2) is 0 Å². The van der Waals surface area contributed by atoms with Crippen molar-refractivity contribution in [1.82, 2.24) is 0 Å². The van der Waals surface area contributed by atoms with Gasteiger partial charge in [-0.05, 0) is 38.0 Å². The van der Waals surface area contributed by atoms with Crippen molar-refractivity contribution in [2.24, 2.45) is 0 Å². The molecule has 0 fully saturated rings. The van der Waals surface area contributed by atoms with Crippen LogP contribution in [0.5, 0.6) is 0 Å². The van der Waals surface area contributed by atoms with Crippen LogP contribution in [0.25, 0.3) is 0 Å². The molecule has 1 rings (SSSR count). The molecule has 2 nitrogen and oxygen atoms in total. The number of allylic oxidation sites excluding steroid dienone is 6. The van der Waals surface area contributed by atoms with Crippen molar-refractivity contribution in [3.05, 3.63) is 35.5 Å². The van der Waals surface area contributed by atoms with Crippen LogP contribution in [0.15, 0.2) is 35.5 Å². The second kappa shape index (κ2) is 4.70. The van der Waals surface area contributed by atoms with Crippen LogP contribution in [0.3, 0.4) is 0 Å². The third-order valence-corrected chi connectivity index (χ3v) is 2.26. The maximum Gasteiger partial charge on any atom is 0.182 e. The molecule has 0 atom stereocenters. The fraction of sp³-hybridized carbons (Fsp3) is 0.333. The highest BCUT2D eigenvalue weighted by atomic mass is 16.1. The Hall–Kier alpha value is -1.44. The zero-order valence-corrected chi connectivity index (χ0v) is 8.54. The third-order valence-electron chi connectivity index (χ3n) is 2.26. The number of ketones is 2. The molecule has 0 N–H and O–H groups in total. The summed E-state index contributed by atoms with van der Waals surface area (Å²) >= 11 is 0. The van der Waals surface area contributed by atoms with E-state index in [4.69, 9.17) is 0 Å². The average Bonchev–Trinajstić information content (AvgIpc) is 2.19. The van der Waals surface area contributed by atoms with Gasteiger partial charge >= 0.3 is 0 Å². The van der Waals surface area contributed by atoms with E-state index in [1.165, 1.54) is 23.8 Å². The lowest BCUT2D eigenvalue weighted by Gasteiger charge is -2.04. The van der Waals surface area contributed by atoms with E-state index in [0.29, 0.717) is 12.0 Å². The molecule has 0 unspecified atom stereocenters. The average molecular weight is 190 g/mol. The Kier molecular flexibility index (Phi) is 3.57. The Labute approximate surface area is 84.0 Å². The van der Waals surface area contributed by atoms with Crippen molar-refractivity contribution < 1.29 is 9.59 Å². The molecule has 0 radical (unpaired) electrons. The van der Waals surface area contributed by atoms with Gasteiger partial charge < -0.3 is 0 Å². The highest BCUT2D eigenvalue weighted by molar-refractivity contribution is 6.17. The number of carbonyl (C=O) groups is 2. The summed E-state index contributed by atoms with van der Waals surface area (Å²) in [6, 6.07) is 0. The van der Waals surface area contributed by atoms with Gasteiger partial charge in [0.2, 0.25) is 0 Å². The summed E-state index contributed by atoms with van der Waals surface area (Å²) in [6.45, 7) is 4.08. The Morgan fingerprint density at radius 1 is 1.36 bits per heavy atom. The zero-order valence-electron chi connectivity index (χ0n) is 8.54. The van der Waals surface area contributed by atoms with Crippen molar-refractivity contribution >= 4 is 11.6 Å². The van der Waals surface area contributed by atoms with Crippen LogP contribution in [-0.4, -0.2) is 11.6 Å². The van der Waals surface area contributed by atoms with Crippen molar-refractivity contribution in [1.29, 1.82) is 0 Å². The Balaban J connectivity index is 2.69. The van der Waals surface area contributed by atoms with E-state index in [1.807, 2.05) is 13.0 Å². The fourth-order valence-electron chi connectivity index (χ4n) is 1.14. The normalized spacial score (nSPS) is 17.3. The molecule has 0 aromatic carbocycles. The SMILES string of the molecule is CC/C(C)=C/CC1=CC(=O)C=CC1=O. The lowest BCUT2D eigenvalue weighted by molar-refractivity contribution is -0.114. The first-order chi connectivity index (χ1) is 6.63. The van der Waals surface area contributed by atoms with E-state index in [1.54, 1.807) is 0 Å². The summed E-state index contributed by atoms with van der Waals surface area (Å²) < 4.78 is 0. The summed E-state index contributed by atoms with van der Waals surface area (Å²) in [7, 11) is 0. The fourth-order valence-corrected chi connectivity index (χ4v) is 1.14. The summed E-state index contributed by atoms with van der Waals surface area (Å²) in [5.41, 5.74) is 1.83. The molecular weight excluding hydrogens is 176 g/mol. The Morgan fingerprint density at radius 3 is 2.71 bits per heavy atom. The Morgan fingerprint density at radius 2 is 2.07 bits per heavy atom. The number of rotatable bonds is 3. The summed E-state index contributed by atoms with van der Waals surface area (Å²) in [6.07, 6.45) is 7.60. The molecule has 0 amide bonds. The van der Waals surface area contributed by atoms with E-state index in [9.17, 15) is 9.59 Å². The van der Waals surface area contributed by atoms with Crippen LogP contribution in [0.2, 0.25) is 0 Å². The molecule has 74 valence electrons. The number of hydrogen-bond acceptors (Lipinski definition) is 2. The summed E-state index contributed by atoms with van der Waals surface area (Å²) in [5, 5.41) is 0. The maximum absolute atomic E-state index is 11.3. The first-order valence-electron chi connectivity index (χ1n) is 4.76. The van der Waals surface area contributed by atoms with Crippen LogP contribution in [0, 0.1) is 0 Å². The van der Waals surface area contributed by atoms with Crippen LogP contribution in [-0.2, 0) is 9.59 Å². The van der Waals surface area contributed by atoms with Crippen molar-refractivity contribution in [2.75, 3.05) is 0 Å². The monoisotopic (exact) mass is 190 g/mol. The highest BCUT2D eigenvalue weighted by Gasteiger charge is 2.11. The molecule has 0 spiro atoms. The van der Waals surface area contributed by atoms with Gasteiger partial charge in [0.05, 0.1) is 0 Å². The number of hydrogen-bond donors (Lipinski definition) is 0. The molecule has 0 heterocycles. The van der Waals surface area contributed by atoms with Crippen LogP contribution >= 0.6 is 0 Å². The van der Waals surface area contributed by atoms with Gasteiger partial charge in [-0.1, -0.05) is 18.6 Å². The van der Waals surface area contributed by atoms with Crippen LogP contribution in [0.1, 0.15) is 26.7 Å². The van der Waals surface area contributed by atoms with E-state index in [2.05, 4.69) is 6.92 Å². The third kappa shape index (κ3) is 2.80. The topological polar surface area (TPSA) is 34.1 Å². The summed E-state index contributed by atoms with van der Waals surface area (Å²) in [4.78, 5) is 22.3. The van der Waals surface area contributed by atoms with Gasteiger partial charge in [-0.2, -0.15) is 0 Å². The molecule has 14 heavy (non-hydrogen) atoms. The van der Waals surface area contributed by atoms with E-state index in [-0.39, 0.29) is 11.6 Å². The zero-order chi connectivity index (χ0) is 10.6. The minimum atomic E-state index is -0.0952. The standard InChI is InChI=1S/C12H14O2/c1-3-9(2)4-5-10-8-11(13)6-7-12(10)14/h4,6-8H,3,5H2,1-2H3/b9-4+. The van der Waals surface area contributed by atoms with E-state index >= 15 is 0 Å². The van der Waals surface area contributed by atoms with Crippen molar-refractivity contribution in [3.8, 4) is 0 Å². The van der Waals surface area contributed by atoms with Gasteiger partial charge in [-0.15, -0.1) is 0 Å². The summed E-state index contributed by atoms with van der Waals surface area (Å²) in [5.74, 6) is -0.146. The predicted molar refractivity (Wildman–Crippen MR) is 55.9 cm³/mol. The second-order valence-corrected chi connectivity index (χ2v) is 3.38. The maximum atomic E-state index is 11.3. The second-order valence-electron chi connectivity index (χ2n) is 3.38. The van der Waals surface area contributed by atoms with E-state index in [0.717, 1.165) is 6.42 Å². The molecule has 2 heteroatoms. The van der Waals surface area contributed by atoms with Gasteiger partial charge in [0.25, 0.3) is 0 Å². The highest BCUT2D eigenvalue weighted by Crippen LogP contribution is 2.12. The smallest absolute Gasteiger partial charge is 0.182 e. The van der Waals surface area contributed by atoms with Crippen LogP contribution in [0.4, 0.5) is 0 Å². The van der Waals surface area contributed by atoms with Gasteiger partial charge in [0.15, 0.2) is 11.6 Å². The molecule has 0 saturated carbocycles. The van der Waals surface area contributed by atoms with Gasteiger partial charge in [0, 0.05) is 5.57 Å². The lowest BCUT2D eigenvalue weighted by Crippen LogP contribution is -2.06. The van der Waals surface area contributed by atoms with E-state index < -0.39 is 0 Å². The first-order valence-corrected chi connectivity index (χ1v) is 4.76. The number of carbonyl (C=O) groups excluding carboxylic acids is 2. The van der Waals surface area contributed by atoms with Crippen molar-refractivity contribution in [2.45, 2.75) is 26.7 Å². The molecule has 1 aliphatic carbocycles.